The van der Waals surface area contributed by atoms with E-state index in [0.29, 0.717) is 0 Å². The van der Waals surface area contributed by atoms with Gasteiger partial charge in [0.2, 0.25) is 16.7 Å². The maximum Gasteiger partial charge on any atom is 0.220 e. The van der Waals surface area contributed by atoms with Crippen molar-refractivity contribution in [2.24, 2.45) is 0 Å². The van der Waals surface area contributed by atoms with E-state index in [-0.39, 0.29) is 10.8 Å². The molecule has 1 aliphatic carbocycles. The molecule has 0 fully saturated rings. The van der Waals surface area contributed by atoms with Crippen LogP contribution < -0.4 is 9.93 Å². The van der Waals surface area contributed by atoms with Crippen LogP contribution in [0.1, 0.15) is 51.7 Å². The van der Waals surface area contributed by atoms with Crippen LogP contribution in [0.3, 0.4) is 0 Å². The van der Waals surface area contributed by atoms with E-state index in [0.717, 1.165) is 0 Å². The first-order chi connectivity index (χ1) is 11.4. The molecule has 0 N–H and O–H groups in total. The molecule has 24 heavy (non-hydrogen) atoms. The van der Waals surface area contributed by atoms with E-state index in [9.17, 15) is 0 Å². The van der Waals surface area contributed by atoms with E-state index in [1.807, 2.05) is 0 Å². The molecule has 0 radical (unpaired) electrons. The second-order valence-corrected chi connectivity index (χ2v) is 8.37. The van der Waals surface area contributed by atoms with Crippen molar-refractivity contribution in [2.75, 3.05) is 0 Å². The first kappa shape index (κ1) is 15.4. The van der Waals surface area contributed by atoms with Crippen LogP contribution in [0.2, 0.25) is 0 Å². The quantitative estimate of drug-likeness (QED) is 0.561. The number of nitrogens with zero attached hydrogens (tertiary/aromatic N) is 1. The van der Waals surface area contributed by atoms with Crippen LogP contribution in [0.25, 0.3) is 0 Å². The van der Waals surface area contributed by atoms with Gasteiger partial charge in [-0.1, -0.05) is 64.1 Å². The molecule has 3 aromatic rings. The van der Waals surface area contributed by atoms with Gasteiger partial charge in [0.05, 0.1) is 0 Å². The molecule has 0 heterocycles. The molecule has 0 atom stereocenters. The van der Waals surface area contributed by atoms with Crippen LogP contribution in [-0.2, 0) is 10.8 Å². The van der Waals surface area contributed by atoms with Crippen molar-refractivity contribution in [1.82, 2.24) is 4.58 Å². The Hall–Kier alpha value is -2.15. The van der Waals surface area contributed by atoms with Gasteiger partial charge in [-0.3, -0.25) is 0 Å². The molecule has 0 spiro atoms. The Morgan fingerprint density at radius 2 is 1.00 bits per heavy atom. The fourth-order valence-corrected chi connectivity index (χ4v) is 4.16. The van der Waals surface area contributed by atoms with Crippen molar-refractivity contribution in [3.05, 3.63) is 77.1 Å². The summed E-state index contributed by atoms with van der Waals surface area (Å²) < 4.78 is 2.46. The van der Waals surface area contributed by atoms with Gasteiger partial charge in [-0.25, -0.2) is 0 Å². The first-order valence-electron chi connectivity index (χ1n) is 8.95. The monoisotopic (exact) mass is 316 g/mol. The maximum absolute atomic E-state index is 2.46. The first-order valence-corrected chi connectivity index (χ1v) is 8.95. The van der Waals surface area contributed by atoms with Gasteiger partial charge in [-0.05, 0) is 23.7 Å². The third-order valence-electron chi connectivity index (χ3n) is 5.64. The summed E-state index contributed by atoms with van der Waals surface area (Å²) in [6.45, 7) is 9.61. The minimum absolute atomic E-state index is 0.280. The zero-order chi connectivity index (χ0) is 16.9. The molecule has 122 valence electrons. The van der Waals surface area contributed by atoms with Crippen LogP contribution in [0.5, 0.6) is 0 Å². The Morgan fingerprint density at radius 3 is 1.38 bits per heavy atom. The molecule has 1 heteroatoms. The standard InChI is InChI=1S/C23H26N/c1-22(2)15-16-23(3,4)20-19(22)21(20)24(17-11-7-5-8-12-17)18-13-9-6-10-14-18/h5-14H,15-16H2,1-4H3/q+1. The highest BCUT2D eigenvalue weighted by Crippen LogP contribution is 2.48. The van der Waals surface area contributed by atoms with Gasteiger partial charge in [-0.15, -0.1) is 0 Å². The van der Waals surface area contributed by atoms with Crippen molar-refractivity contribution in [3.8, 4) is 0 Å². The molecular weight excluding hydrogens is 290 g/mol. The molecule has 0 amide bonds. The third-order valence-corrected chi connectivity index (χ3v) is 5.64. The molecule has 0 aliphatic heterocycles. The second-order valence-electron chi connectivity index (χ2n) is 8.37. The largest absolute Gasteiger partial charge is 0.220 e. The Kier molecular flexibility index (Phi) is 3.32. The molecule has 3 aromatic carbocycles. The fourth-order valence-electron chi connectivity index (χ4n) is 4.16. The summed E-state index contributed by atoms with van der Waals surface area (Å²) >= 11 is 0. The van der Waals surface area contributed by atoms with Crippen molar-refractivity contribution in [3.63, 3.8) is 0 Å². The van der Waals surface area contributed by atoms with Crippen molar-refractivity contribution in [1.29, 1.82) is 0 Å². The average molecular weight is 316 g/mol. The lowest BCUT2D eigenvalue weighted by Gasteiger charge is -2.32. The maximum atomic E-state index is 2.46. The summed E-state index contributed by atoms with van der Waals surface area (Å²) in [6.07, 6.45) is 2.53. The highest BCUT2D eigenvalue weighted by atomic mass is 15.0. The Balaban J connectivity index is 2.05. The van der Waals surface area contributed by atoms with Crippen molar-refractivity contribution < 1.29 is 0 Å². The lowest BCUT2D eigenvalue weighted by atomic mass is 9.71. The fraction of sp³-hybridized carbons (Fsp3) is 0.348. The van der Waals surface area contributed by atoms with Gasteiger partial charge < -0.3 is 0 Å². The lowest BCUT2D eigenvalue weighted by molar-refractivity contribution is 0.352. The van der Waals surface area contributed by atoms with E-state index in [4.69, 9.17) is 0 Å². The number of rotatable bonds is 2. The van der Waals surface area contributed by atoms with Crippen LogP contribution in [-0.4, -0.2) is 0 Å². The predicted octanol–water partition coefficient (Wildman–Crippen LogP) is 5.35. The number of benzene rings is 2. The highest BCUT2D eigenvalue weighted by Gasteiger charge is 2.50. The lowest BCUT2D eigenvalue weighted by Crippen LogP contribution is -2.26. The molecule has 1 aliphatic rings. The summed E-state index contributed by atoms with van der Waals surface area (Å²) in [7, 11) is 0. The smallest absolute Gasteiger partial charge is 0.153 e. The van der Waals surface area contributed by atoms with E-state index in [2.05, 4.69) is 92.9 Å². The summed E-state index contributed by atoms with van der Waals surface area (Å²) in [5.41, 5.74) is 6.24. The normalized spacial score (nSPS) is 18.3. The van der Waals surface area contributed by atoms with E-state index < -0.39 is 0 Å². The molecule has 1 nitrogen and oxygen atoms in total. The van der Waals surface area contributed by atoms with Gasteiger partial charge in [-0.2, -0.15) is 4.58 Å². The second kappa shape index (κ2) is 5.17. The zero-order valence-electron chi connectivity index (χ0n) is 15.1. The van der Waals surface area contributed by atoms with Gasteiger partial charge >= 0.3 is 0 Å². The van der Waals surface area contributed by atoms with Gasteiger partial charge in [0.25, 0.3) is 0 Å². The van der Waals surface area contributed by atoms with E-state index >= 15 is 0 Å². The summed E-state index contributed by atoms with van der Waals surface area (Å²) in [4.78, 5) is 0. The zero-order valence-corrected chi connectivity index (χ0v) is 15.1. The summed E-state index contributed by atoms with van der Waals surface area (Å²) in [5.74, 6) is 0. The topological polar surface area (TPSA) is 3.01 Å². The minimum atomic E-state index is 0.280. The average Bonchev–Trinajstić information content (AvgIpc) is 3.32. The van der Waals surface area contributed by atoms with E-state index in [1.54, 1.807) is 11.1 Å². The van der Waals surface area contributed by atoms with Crippen molar-refractivity contribution >= 4 is 11.4 Å². The molecule has 0 bridgehead atoms. The molecule has 0 saturated heterocycles. The minimum Gasteiger partial charge on any atom is -0.153 e. The van der Waals surface area contributed by atoms with Gasteiger partial charge in [0.1, 0.15) is 0 Å². The van der Waals surface area contributed by atoms with Crippen LogP contribution >= 0.6 is 0 Å². The SMILES string of the molecule is CC1(C)CCC(C)(C)c2c1c2=[N+](c1ccccc1)c1ccccc1. The third kappa shape index (κ3) is 2.34. The van der Waals surface area contributed by atoms with Crippen LogP contribution in [0.4, 0.5) is 11.4 Å². The van der Waals surface area contributed by atoms with Crippen LogP contribution in [0, 0.1) is 0 Å². The number of hydrogen-bond donors (Lipinski definition) is 0. The number of hydrogen-bond acceptors (Lipinski definition) is 0. The molecule has 0 saturated carbocycles. The molecular formula is C23H26N+. The van der Waals surface area contributed by atoms with Gasteiger partial charge in [0.15, 0.2) is 0 Å². The molecule has 0 aromatic heterocycles. The van der Waals surface area contributed by atoms with Crippen molar-refractivity contribution in [2.45, 2.75) is 51.4 Å². The number of fused-ring (bicyclic) bond motifs is 1. The summed E-state index contributed by atoms with van der Waals surface area (Å²) in [5, 5.41) is 1.46. The van der Waals surface area contributed by atoms with Crippen LogP contribution in [0.15, 0.2) is 60.7 Å². The van der Waals surface area contributed by atoms with Gasteiger partial charge in [0, 0.05) is 35.4 Å². The van der Waals surface area contributed by atoms with E-state index in [1.165, 1.54) is 29.6 Å². The number of para-hydroxylation sites is 2. The Labute approximate surface area is 145 Å². The predicted molar refractivity (Wildman–Crippen MR) is 102 cm³/mol. The highest BCUT2D eigenvalue weighted by molar-refractivity contribution is 5.59. The summed E-state index contributed by atoms with van der Waals surface area (Å²) in [6, 6.07) is 21.5. The molecule has 4 rings (SSSR count). The Bertz CT molecular complexity index is 816. The molecule has 0 unspecified atom stereocenters. The Morgan fingerprint density at radius 1 is 0.625 bits per heavy atom.